The first kappa shape index (κ1) is 16.0. The molecule has 6 nitrogen and oxygen atoms in total. The number of alkyl carbamates (subject to hydrolysis) is 1. The number of carboxylic acids is 1. The van der Waals surface area contributed by atoms with Gasteiger partial charge in [0.2, 0.25) is 0 Å². The molecule has 0 aliphatic rings. The largest absolute Gasteiger partial charge is 0.480 e. The first-order chi connectivity index (χ1) is 9.63. The standard InChI is InChI=1S/C14H20N2O4/c15-9-5-4-8-12(13(17)18)16-14(19)20-10-11-6-2-1-3-7-11/h1-3,6-7,12H,4-5,8-10,15H2,(H,16,19)(H,17,18). The van der Waals surface area contributed by atoms with Crippen molar-refractivity contribution in [1.82, 2.24) is 5.32 Å². The number of aliphatic carboxylic acids is 1. The second kappa shape index (κ2) is 8.92. The minimum atomic E-state index is -1.07. The number of carboxylic acid groups (broad SMARTS) is 1. The Bertz CT molecular complexity index is 422. The first-order valence-corrected chi connectivity index (χ1v) is 6.53. The summed E-state index contributed by atoms with van der Waals surface area (Å²) in [4.78, 5) is 22.5. The quantitative estimate of drug-likeness (QED) is 0.626. The Hall–Kier alpha value is -2.08. The number of amides is 1. The van der Waals surface area contributed by atoms with E-state index in [-0.39, 0.29) is 6.61 Å². The van der Waals surface area contributed by atoms with Gasteiger partial charge in [-0.25, -0.2) is 9.59 Å². The predicted octanol–water partition coefficient (Wildman–Crippen LogP) is 1.49. The van der Waals surface area contributed by atoms with Crippen molar-refractivity contribution < 1.29 is 19.4 Å². The Morgan fingerprint density at radius 1 is 1.25 bits per heavy atom. The van der Waals surface area contributed by atoms with Crippen LogP contribution in [0.3, 0.4) is 0 Å². The van der Waals surface area contributed by atoms with E-state index in [1.165, 1.54) is 0 Å². The third-order valence-electron chi connectivity index (χ3n) is 2.75. The Balaban J connectivity index is 2.36. The van der Waals surface area contributed by atoms with Crippen LogP contribution >= 0.6 is 0 Å². The number of nitrogens with one attached hydrogen (secondary N) is 1. The zero-order valence-corrected chi connectivity index (χ0v) is 11.2. The van der Waals surface area contributed by atoms with E-state index < -0.39 is 18.1 Å². The minimum Gasteiger partial charge on any atom is -0.480 e. The summed E-state index contributed by atoms with van der Waals surface area (Å²) in [5.74, 6) is -1.07. The molecule has 0 bridgehead atoms. The van der Waals surface area contributed by atoms with Gasteiger partial charge in [0.05, 0.1) is 0 Å². The lowest BCUT2D eigenvalue weighted by atomic mass is 10.1. The minimum absolute atomic E-state index is 0.113. The van der Waals surface area contributed by atoms with Gasteiger partial charge in [0.15, 0.2) is 0 Å². The SMILES string of the molecule is NCCCCC(NC(=O)OCc1ccccc1)C(=O)O. The van der Waals surface area contributed by atoms with Gasteiger partial charge in [-0.15, -0.1) is 0 Å². The maximum Gasteiger partial charge on any atom is 0.408 e. The summed E-state index contributed by atoms with van der Waals surface area (Å²) in [6.45, 7) is 0.618. The topological polar surface area (TPSA) is 102 Å². The molecule has 110 valence electrons. The zero-order valence-electron chi connectivity index (χ0n) is 11.2. The molecular formula is C14H20N2O4. The van der Waals surface area contributed by atoms with Gasteiger partial charge in [-0.3, -0.25) is 0 Å². The van der Waals surface area contributed by atoms with Gasteiger partial charge in [0.1, 0.15) is 12.6 Å². The van der Waals surface area contributed by atoms with E-state index in [4.69, 9.17) is 15.6 Å². The van der Waals surface area contributed by atoms with Crippen molar-refractivity contribution in [1.29, 1.82) is 0 Å². The number of hydrogen-bond acceptors (Lipinski definition) is 4. The van der Waals surface area contributed by atoms with Crippen LogP contribution in [0.15, 0.2) is 30.3 Å². The highest BCUT2D eigenvalue weighted by molar-refractivity contribution is 5.79. The number of carbonyl (C=O) groups is 2. The number of unbranched alkanes of at least 4 members (excludes halogenated alkanes) is 1. The Morgan fingerprint density at radius 2 is 1.95 bits per heavy atom. The fourth-order valence-electron chi connectivity index (χ4n) is 1.66. The van der Waals surface area contributed by atoms with Crippen LogP contribution in [0.1, 0.15) is 24.8 Å². The number of benzene rings is 1. The molecule has 1 atom stereocenters. The molecule has 0 radical (unpaired) electrons. The van der Waals surface area contributed by atoms with E-state index in [0.717, 1.165) is 12.0 Å². The number of hydrogen-bond donors (Lipinski definition) is 3. The third-order valence-corrected chi connectivity index (χ3v) is 2.75. The molecule has 0 saturated heterocycles. The second-order valence-electron chi connectivity index (χ2n) is 4.38. The molecule has 0 aliphatic carbocycles. The molecule has 6 heteroatoms. The Morgan fingerprint density at radius 3 is 2.55 bits per heavy atom. The van der Waals surface area contributed by atoms with Gasteiger partial charge < -0.3 is 20.9 Å². The fourth-order valence-corrected chi connectivity index (χ4v) is 1.66. The van der Waals surface area contributed by atoms with Crippen molar-refractivity contribution in [3.05, 3.63) is 35.9 Å². The van der Waals surface area contributed by atoms with Crippen molar-refractivity contribution in [2.75, 3.05) is 6.54 Å². The molecule has 0 saturated carbocycles. The van der Waals surface area contributed by atoms with E-state index >= 15 is 0 Å². The van der Waals surface area contributed by atoms with Gasteiger partial charge >= 0.3 is 12.1 Å². The van der Waals surface area contributed by atoms with Gasteiger partial charge in [-0.1, -0.05) is 30.3 Å². The van der Waals surface area contributed by atoms with E-state index in [1.54, 1.807) is 0 Å². The summed E-state index contributed by atoms with van der Waals surface area (Å²) in [5, 5.41) is 11.3. The van der Waals surface area contributed by atoms with Gasteiger partial charge in [0.25, 0.3) is 0 Å². The lowest BCUT2D eigenvalue weighted by Gasteiger charge is -2.14. The average molecular weight is 280 g/mol. The average Bonchev–Trinajstić information content (AvgIpc) is 2.45. The lowest BCUT2D eigenvalue weighted by Crippen LogP contribution is -2.41. The smallest absolute Gasteiger partial charge is 0.408 e. The van der Waals surface area contributed by atoms with Gasteiger partial charge in [-0.05, 0) is 31.4 Å². The van der Waals surface area contributed by atoms with Crippen LogP contribution in [-0.2, 0) is 16.1 Å². The molecule has 1 amide bonds. The number of rotatable bonds is 8. The summed E-state index contributed by atoms with van der Waals surface area (Å²) in [7, 11) is 0. The van der Waals surface area contributed by atoms with E-state index in [1.807, 2.05) is 30.3 Å². The summed E-state index contributed by atoms with van der Waals surface area (Å²) in [6, 6.07) is 8.24. The zero-order chi connectivity index (χ0) is 14.8. The molecule has 1 aromatic rings. The van der Waals surface area contributed by atoms with Crippen molar-refractivity contribution >= 4 is 12.1 Å². The van der Waals surface area contributed by atoms with Crippen LogP contribution < -0.4 is 11.1 Å². The molecule has 0 spiro atoms. The van der Waals surface area contributed by atoms with Gasteiger partial charge in [0, 0.05) is 0 Å². The predicted molar refractivity (Wildman–Crippen MR) is 74.1 cm³/mol. The maximum atomic E-state index is 11.5. The normalized spacial score (nSPS) is 11.7. The summed E-state index contributed by atoms with van der Waals surface area (Å²) >= 11 is 0. The van der Waals surface area contributed by atoms with Crippen molar-refractivity contribution in [2.24, 2.45) is 5.73 Å². The highest BCUT2D eigenvalue weighted by atomic mass is 16.5. The lowest BCUT2D eigenvalue weighted by molar-refractivity contribution is -0.139. The van der Waals surface area contributed by atoms with Gasteiger partial charge in [-0.2, -0.15) is 0 Å². The monoisotopic (exact) mass is 280 g/mol. The molecule has 0 heterocycles. The van der Waals surface area contributed by atoms with E-state index in [0.29, 0.717) is 19.4 Å². The highest BCUT2D eigenvalue weighted by Crippen LogP contribution is 2.03. The van der Waals surface area contributed by atoms with Crippen molar-refractivity contribution in [3.63, 3.8) is 0 Å². The first-order valence-electron chi connectivity index (χ1n) is 6.53. The van der Waals surface area contributed by atoms with Crippen LogP contribution in [0.5, 0.6) is 0 Å². The molecule has 4 N–H and O–H groups in total. The molecule has 0 fully saturated rings. The molecule has 20 heavy (non-hydrogen) atoms. The molecule has 1 aromatic carbocycles. The molecule has 1 unspecified atom stereocenters. The number of ether oxygens (including phenoxy) is 1. The third kappa shape index (κ3) is 6.19. The van der Waals surface area contributed by atoms with Crippen LogP contribution in [-0.4, -0.2) is 29.8 Å². The Kier molecular flexibility index (Phi) is 7.13. The highest BCUT2D eigenvalue weighted by Gasteiger charge is 2.19. The van der Waals surface area contributed by atoms with Crippen molar-refractivity contribution in [3.8, 4) is 0 Å². The maximum absolute atomic E-state index is 11.5. The summed E-state index contributed by atoms with van der Waals surface area (Å²) in [6.07, 6.45) is 0.984. The second-order valence-corrected chi connectivity index (χ2v) is 4.38. The molecule has 1 rings (SSSR count). The number of carbonyl (C=O) groups excluding carboxylic acids is 1. The van der Waals surface area contributed by atoms with E-state index in [2.05, 4.69) is 5.32 Å². The van der Waals surface area contributed by atoms with Crippen LogP contribution in [0, 0.1) is 0 Å². The Labute approximate surface area is 117 Å². The summed E-state index contributed by atoms with van der Waals surface area (Å²) < 4.78 is 4.98. The fraction of sp³-hybridized carbons (Fsp3) is 0.429. The van der Waals surface area contributed by atoms with E-state index in [9.17, 15) is 9.59 Å². The molecule has 0 aliphatic heterocycles. The van der Waals surface area contributed by atoms with Crippen LogP contribution in [0.4, 0.5) is 4.79 Å². The molecular weight excluding hydrogens is 260 g/mol. The molecule has 0 aromatic heterocycles. The number of nitrogens with two attached hydrogens (primary N) is 1. The van der Waals surface area contributed by atoms with Crippen LogP contribution in [0.25, 0.3) is 0 Å². The van der Waals surface area contributed by atoms with Crippen LogP contribution in [0.2, 0.25) is 0 Å². The van der Waals surface area contributed by atoms with Crippen molar-refractivity contribution in [2.45, 2.75) is 31.9 Å². The summed E-state index contributed by atoms with van der Waals surface area (Å²) in [5.41, 5.74) is 6.19.